The molecule has 3 N–H and O–H groups in total. The number of H-pyrrole nitrogens is 1. The van der Waals surface area contributed by atoms with Gasteiger partial charge in [0, 0.05) is 13.6 Å². The SMILES string of the molecule is CCCCCNc1nc(Br)[nH]c1C(=O)NC. The monoisotopic (exact) mass is 288 g/mol. The fourth-order valence-electron chi connectivity index (χ4n) is 1.34. The number of imidazole rings is 1. The van der Waals surface area contributed by atoms with Crippen molar-refractivity contribution in [3.63, 3.8) is 0 Å². The first kappa shape index (κ1) is 13.0. The number of nitrogens with zero attached hydrogens (tertiary/aromatic N) is 1. The molecule has 1 amide bonds. The van der Waals surface area contributed by atoms with E-state index < -0.39 is 0 Å². The maximum atomic E-state index is 11.5. The van der Waals surface area contributed by atoms with Crippen molar-refractivity contribution in [1.82, 2.24) is 15.3 Å². The summed E-state index contributed by atoms with van der Waals surface area (Å²) in [6.07, 6.45) is 3.43. The van der Waals surface area contributed by atoms with Crippen molar-refractivity contribution in [1.29, 1.82) is 0 Å². The van der Waals surface area contributed by atoms with E-state index in [1.807, 2.05) is 0 Å². The highest BCUT2D eigenvalue weighted by Crippen LogP contribution is 2.16. The van der Waals surface area contributed by atoms with E-state index in [-0.39, 0.29) is 5.91 Å². The second-order valence-corrected chi connectivity index (χ2v) is 4.22. The van der Waals surface area contributed by atoms with E-state index in [2.05, 4.69) is 43.5 Å². The fraction of sp³-hybridized carbons (Fsp3) is 0.600. The highest BCUT2D eigenvalue weighted by molar-refractivity contribution is 9.10. The van der Waals surface area contributed by atoms with Crippen LogP contribution in [0.5, 0.6) is 0 Å². The molecule has 5 nitrogen and oxygen atoms in total. The van der Waals surface area contributed by atoms with Crippen LogP contribution in [-0.2, 0) is 0 Å². The lowest BCUT2D eigenvalue weighted by atomic mass is 10.2. The summed E-state index contributed by atoms with van der Waals surface area (Å²) in [5.41, 5.74) is 0.464. The van der Waals surface area contributed by atoms with Crippen LogP contribution in [0.1, 0.15) is 36.7 Å². The lowest BCUT2D eigenvalue weighted by Crippen LogP contribution is -2.20. The lowest BCUT2D eigenvalue weighted by molar-refractivity contribution is 0.0959. The number of aromatic nitrogens is 2. The molecule has 0 saturated carbocycles. The third-order valence-corrected chi connectivity index (χ3v) is 2.58. The molecule has 16 heavy (non-hydrogen) atoms. The van der Waals surface area contributed by atoms with E-state index >= 15 is 0 Å². The molecule has 90 valence electrons. The molecule has 0 bridgehead atoms. The third-order valence-electron chi connectivity index (χ3n) is 2.20. The van der Waals surface area contributed by atoms with Gasteiger partial charge in [-0.2, -0.15) is 0 Å². The van der Waals surface area contributed by atoms with Crippen LogP contribution in [0, 0.1) is 0 Å². The van der Waals surface area contributed by atoms with Crippen molar-refractivity contribution >= 4 is 27.7 Å². The quantitative estimate of drug-likeness (QED) is 0.703. The Balaban J connectivity index is 2.60. The molecule has 1 rings (SSSR count). The Hall–Kier alpha value is -1.04. The normalized spacial score (nSPS) is 10.2. The van der Waals surface area contributed by atoms with E-state index in [1.165, 1.54) is 12.8 Å². The van der Waals surface area contributed by atoms with E-state index in [4.69, 9.17) is 0 Å². The second kappa shape index (κ2) is 6.52. The van der Waals surface area contributed by atoms with Crippen LogP contribution in [0.4, 0.5) is 5.82 Å². The third kappa shape index (κ3) is 3.52. The topological polar surface area (TPSA) is 69.8 Å². The molecule has 0 aliphatic rings. The number of carbonyl (C=O) groups is 1. The first-order valence-corrected chi connectivity index (χ1v) is 6.19. The van der Waals surface area contributed by atoms with E-state index in [0.29, 0.717) is 16.2 Å². The van der Waals surface area contributed by atoms with Crippen LogP contribution in [0.25, 0.3) is 0 Å². The van der Waals surface area contributed by atoms with Crippen molar-refractivity contribution in [2.75, 3.05) is 18.9 Å². The number of anilines is 1. The van der Waals surface area contributed by atoms with Crippen LogP contribution in [0.2, 0.25) is 0 Å². The van der Waals surface area contributed by atoms with E-state index in [0.717, 1.165) is 13.0 Å². The molecule has 1 aromatic heterocycles. The van der Waals surface area contributed by atoms with Crippen LogP contribution in [-0.4, -0.2) is 29.5 Å². The van der Waals surface area contributed by atoms with Crippen LogP contribution in [0.15, 0.2) is 4.73 Å². The first-order chi connectivity index (χ1) is 7.69. The predicted octanol–water partition coefficient (Wildman–Crippen LogP) is 2.13. The molecule has 1 heterocycles. The van der Waals surface area contributed by atoms with E-state index in [9.17, 15) is 4.79 Å². The second-order valence-electron chi connectivity index (χ2n) is 3.46. The minimum absolute atomic E-state index is 0.170. The number of nitrogens with one attached hydrogen (secondary N) is 3. The van der Waals surface area contributed by atoms with Crippen molar-refractivity contribution < 1.29 is 4.79 Å². The Morgan fingerprint density at radius 3 is 2.88 bits per heavy atom. The summed E-state index contributed by atoms with van der Waals surface area (Å²) < 4.78 is 0.559. The highest BCUT2D eigenvalue weighted by Gasteiger charge is 2.14. The molecule has 0 spiro atoms. The Morgan fingerprint density at radius 2 is 2.25 bits per heavy atom. The van der Waals surface area contributed by atoms with Crippen molar-refractivity contribution in [3.05, 3.63) is 10.4 Å². The van der Waals surface area contributed by atoms with Crippen molar-refractivity contribution in [2.24, 2.45) is 0 Å². The zero-order valence-electron chi connectivity index (χ0n) is 9.56. The molecule has 0 unspecified atom stereocenters. The summed E-state index contributed by atoms with van der Waals surface area (Å²) >= 11 is 3.22. The average Bonchev–Trinajstić information content (AvgIpc) is 2.65. The molecule has 0 saturated heterocycles. The smallest absolute Gasteiger partial charge is 0.271 e. The van der Waals surface area contributed by atoms with Crippen LogP contribution < -0.4 is 10.6 Å². The Morgan fingerprint density at radius 1 is 1.50 bits per heavy atom. The lowest BCUT2D eigenvalue weighted by Gasteiger charge is -2.04. The van der Waals surface area contributed by atoms with Crippen molar-refractivity contribution in [2.45, 2.75) is 26.2 Å². The Bertz CT molecular complexity index is 351. The molecule has 0 aliphatic heterocycles. The maximum absolute atomic E-state index is 11.5. The largest absolute Gasteiger partial charge is 0.368 e. The van der Waals surface area contributed by atoms with Gasteiger partial charge in [-0.25, -0.2) is 4.98 Å². The van der Waals surface area contributed by atoms with Gasteiger partial charge in [-0.05, 0) is 22.4 Å². The van der Waals surface area contributed by atoms with Gasteiger partial charge in [0.15, 0.2) is 10.6 Å². The summed E-state index contributed by atoms with van der Waals surface area (Å²) in [6, 6.07) is 0. The molecular weight excluding hydrogens is 272 g/mol. The summed E-state index contributed by atoms with van der Waals surface area (Å²) in [5, 5.41) is 5.72. The number of aromatic amines is 1. The van der Waals surface area contributed by atoms with Gasteiger partial charge in [0.25, 0.3) is 5.91 Å². The minimum atomic E-state index is -0.170. The molecule has 0 aromatic carbocycles. The summed E-state index contributed by atoms with van der Waals surface area (Å²) in [5.74, 6) is 0.429. The molecule has 6 heteroatoms. The zero-order valence-corrected chi connectivity index (χ0v) is 11.1. The van der Waals surface area contributed by atoms with Gasteiger partial charge >= 0.3 is 0 Å². The molecular formula is C10H17BrN4O. The minimum Gasteiger partial charge on any atom is -0.368 e. The van der Waals surface area contributed by atoms with Gasteiger partial charge in [0.2, 0.25) is 0 Å². The summed E-state index contributed by atoms with van der Waals surface area (Å²) in [6.45, 7) is 2.98. The average molecular weight is 289 g/mol. The Kier molecular flexibility index (Phi) is 5.31. The van der Waals surface area contributed by atoms with Crippen LogP contribution >= 0.6 is 15.9 Å². The van der Waals surface area contributed by atoms with E-state index in [1.54, 1.807) is 7.05 Å². The maximum Gasteiger partial charge on any atom is 0.271 e. The number of unbranched alkanes of at least 4 members (excludes halogenated alkanes) is 2. The number of hydrogen-bond donors (Lipinski definition) is 3. The number of halogens is 1. The molecule has 0 atom stereocenters. The molecule has 0 radical (unpaired) electrons. The summed E-state index contributed by atoms with van der Waals surface area (Å²) in [7, 11) is 1.60. The fourth-order valence-corrected chi connectivity index (χ4v) is 1.72. The van der Waals surface area contributed by atoms with Gasteiger partial charge in [-0.1, -0.05) is 19.8 Å². The predicted molar refractivity (Wildman–Crippen MR) is 67.7 cm³/mol. The highest BCUT2D eigenvalue weighted by atomic mass is 79.9. The van der Waals surface area contributed by atoms with Gasteiger partial charge < -0.3 is 15.6 Å². The number of amides is 1. The van der Waals surface area contributed by atoms with Gasteiger partial charge in [0.05, 0.1) is 0 Å². The molecule has 1 aromatic rings. The number of rotatable bonds is 6. The number of carbonyl (C=O) groups excluding carboxylic acids is 1. The standard InChI is InChI=1S/C10H17BrN4O/c1-3-4-5-6-13-8-7(9(16)12-2)14-10(11)15-8/h13H,3-6H2,1-2H3,(H,12,16)(H,14,15). The van der Waals surface area contributed by atoms with Crippen LogP contribution in [0.3, 0.4) is 0 Å². The first-order valence-electron chi connectivity index (χ1n) is 5.40. The van der Waals surface area contributed by atoms with Crippen molar-refractivity contribution in [3.8, 4) is 0 Å². The van der Waals surface area contributed by atoms with Gasteiger partial charge in [-0.3, -0.25) is 4.79 Å². The molecule has 0 aliphatic carbocycles. The molecule has 0 fully saturated rings. The zero-order chi connectivity index (χ0) is 12.0. The number of hydrogen-bond acceptors (Lipinski definition) is 3. The Labute approximate surface area is 104 Å². The van der Waals surface area contributed by atoms with Gasteiger partial charge in [-0.15, -0.1) is 0 Å². The summed E-state index contributed by atoms with van der Waals surface area (Å²) in [4.78, 5) is 18.5. The van der Waals surface area contributed by atoms with Gasteiger partial charge in [0.1, 0.15) is 5.69 Å².